The monoisotopic (exact) mass is 228 g/mol. The highest BCUT2D eigenvalue weighted by atomic mass is 35.5. The molecule has 0 amide bonds. The molecule has 82 valence electrons. The molecule has 0 heterocycles. The van der Waals surface area contributed by atoms with E-state index in [1.54, 1.807) is 12.1 Å². The molecule has 3 nitrogen and oxygen atoms in total. The standard InChI is InChI=1S/C11H13ClO3/c1-15-10-5-8(12)7(4-9(10)13)6-11(14)2-3-11/h4-5,13-14H,2-3,6H2,1H3. The number of hydrogen-bond acceptors (Lipinski definition) is 3. The number of halogens is 1. The molecule has 2 rings (SSSR count). The lowest BCUT2D eigenvalue weighted by Crippen LogP contribution is -2.11. The molecule has 1 aromatic carbocycles. The van der Waals surface area contributed by atoms with Crippen LogP contribution in [-0.2, 0) is 6.42 Å². The zero-order chi connectivity index (χ0) is 11.1. The Balaban J connectivity index is 2.28. The van der Waals surface area contributed by atoms with E-state index in [-0.39, 0.29) is 5.75 Å². The van der Waals surface area contributed by atoms with E-state index in [1.165, 1.54) is 7.11 Å². The minimum Gasteiger partial charge on any atom is -0.504 e. The third kappa shape index (κ3) is 2.19. The van der Waals surface area contributed by atoms with Crippen LogP contribution in [0.5, 0.6) is 11.5 Å². The number of benzene rings is 1. The molecule has 15 heavy (non-hydrogen) atoms. The molecule has 2 N–H and O–H groups in total. The Labute approximate surface area is 93.3 Å². The number of rotatable bonds is 3. The smallest absolute Gasteiger partial charge is 0.161 e. The summed E-state index contributed by atoms with van der Waals surface area (Å²) in [5.41, 5.74) is 0.153. The molecule has 1 saturated carbocycles. The Morgan fingerprint density at radius 1 is 1.47 bits per heavy atom. The van der Waals surface area contributed by atoms with E-state index in [1.807, 2.05) is 0 Å². The molecule has 0 aromatic heterocycles. The fourth-order valence-corrected chi connectivity index (χ4v) is 1.78. The van der Waals surface area contributed by atoms with Crippen LogP contribution in [0, 0.1) is 0 Å². The highest BCUT2D eigenvalue weighted by Gasteiger charge is 2.40. The van der Waals surface area contributed by atoms with Crippen molar-refractivity contribution in [1.82, 2.24) is 0 Å². The summed E-state index contributed by atoms with van der Waals surface area (Å²) in [5, 5.41) is 19.8. The summed E-state index contributed by atoms with van der Waals surface area (Å²) in [5.74, 6) is 0.410. The van der Waals surface area contributed by atoms with Crippen molar-refractivity contribution in [2.24, 2.45) is 0 Å². The minimum atomic E-state index is -0.606. The van der Waals surface area contributed by atoms with Crippen LogP contribution >= 0.6 is 11.6 Å². The third-order valence-corrected chi connectivity index (χ3v) is 3.05. The van der Waals surface area contributed by atoms with Crippen molar-refractivity contribution in [2.75, 3.05) is 7.11 Å². The zero-order valence-corrected chi connectivity index (χ0v) is 9.21. The van der Waals surface area contributed by atoms with Crippen LogP contribution in [0.4, 0.5) is 0 Å². The van der Waals surface area contributed by atoms with E-state index in [0.29, 0.717) is 17.2 Å². The number of ether oxygens (including phenoxy) is 1. The van der Waals surface area contributed by atoms with Crippen LogP contribution in [0.15, 0.2) is 12.1 Å². The number of aromatic hydroxyl groups is 1. The van der Waals surface area contributed by atoms with Gasteiger partial charge >= 0.3 is 0 Å². The number of hydrogen-bond donors (Lipinski definition) is 2. The lowest BCUT2D eigenvalue weighted by atomic mass is 10.1. The third-order valence-electron chi connectivity index (χ3n) is 2.69. The molecule has 0 aliphatic heterocycles. The van der Waals surface area contributed by atoms with E-state index in [4.69, 9.17) is 16.3 Å². The zero-order valence-electron chi connectivity index (χ0n) is 8.46. The first-order valence-electron chi connectivity index (χ1n) is 4.82. The minimum absolute atomic E-state index is 0.0566. The van der Waals surface area contributed by atoms with Gasteiger partial charge in [-0.2, -0.15) is 0 Å². The van der Waals surface area contributed by atoms with E-state index in [2.05, 4.69) is 0 Å². The molecule has 1 aliphatic rings. The molecule has 0 radical (unpaired) electrons. The van der Waals surface area contributed by atoms with Crippen molar-refractivity contribution >= 4 is 11.6 Å². The van der Waals surface area contributed by atoms with E-state index < -0.39 is 5.60 Å². The van der Waals surface area contributed by atoms with Crippen molar-refractivity contribution in [3.05, 3.63) is 22.7 Å². The van der Waals surface area contributed by atoms with Gasteiger partial charge in [-0.3, -0.25) is 0 Å². The number of methoxy groups -OCH3 is 1. The molecule has 0 bridgehead atoms. The van der Waals surface area contributed by atoms with Crippen LogP contribution in [0.1, 0.15) is 18.4 Å². The quantitative estimate of drug-likeness (QED) is 0.833. The summed E-state index contributed by atoms with van der Waals surface area (Å²) in [6.45, 7) is 0. The summed E-state index contributed by atoms with van der Waals surface area (Å²) in [7, 11) is 1.47. The van der Waals surface area contributed by atoms with Crippen LogP contribution in [0.25, 0.3) is 0 Å². The number of phenolic OH excluding ortho intramolecular Hbond substituents is 1. The second kappa shape index (κ2) is 3.58. The van der Waals surface area contributed by atoms with Crippen LogP contribution in [0.2, 0.25) is 5.02 Å². The summed E-state index contributed by atoms with van der Waals surface area (Å²) in [6.07, 6.45) is 2.09. The van der Waals surface area contributed by atoms with Gasteiger partial charge < -0.3 is 14.9 Å². The fourth-order valence-electron chi connectivity index (χ4n) is 1.56. The Kier molecular flexibility index (Phi) is 2.52. The molecule has 0 atom stereocenters. The summed E-state index contributed by atoms with van der Waals surface area (Å²) in [6, 6.07) is 3.12. The molecule has 4 heteroatoms. The highest BCUT2D eigenvalue weighted by Crippen LogP contribution is 2.41. The molecule has 1 aliphatic carbocycles. The maximum Gasteiger partial charge on any atom is 0.161 e. The van der Waals surface area contributed by atoms with Crippen molar-refractivity contribution < 1.29 is 14.9 Å². The predicted octanol–water partition coefficient (Wildman–Crippen LogP) is 2.12. The van der Waals surface area contributed by atoms with Gasteiger partial charge in [0.1, 0.15) is 0 Å². The number of aliphatic hydroxyl groups is 1. The van der Waals surface area contributed by atoms with Gasteiger partial charge in [0.05, 0.1) is 12.7 Å². The molecule has 1 fully saturated rings. The molecule has 0 spiro atoms. The maximum atomic E-state index is 9.75. The summed E-state index contributed by atoms with van der Waals surface area (Å²) < 4.78 is 4.93. The Hall–Kier alpha value is -0.930. The normalized spacial score (nSPS) is 17.5. The van der Waals surface area contributed by atoms with Crippen molar-refractivity contribution in [2.45, 2.75) is 24.9 Å². The van der Waals surface area contributed by atoms with Crippen molar-refractivity contribution in [1.29, 1.82) is 0 Å². The highest BCUT2D eigenvalue weighted by molar-refractivity contribution is 6.31. The number of phenols is 1. The van der Waals surface area contributed by atoms with E-state index >= 15 is 0 Å². The Bertz CT molecular complexity index is 386. The Morgan fingerprint density at radius 3 is 2.67 bits per heavy atom. The Morgan fingerprint density at radius 2 is 2.13 bits per heavy atom. The van der Waals surface area contributed by atoms with E-state index in [9.17, 15) is 10.2 Å². The molecular formula is C11H13ClO3. The van der Waals surface area contributed by atoms with Gasteiger partial charge in [-0.1, -0.05) is 11.6 Å². The fraction of sp³-hybridized carbons (Fsp3) is 0.455. The van der Waals surface area contributed by atoms with Crippen LogP contribution in [-0.4, -0.2) is 22.9 Å². The average molecular weight is 229 g/mol. The molecule has 0 saturated heterocycles. The first-order chi connectivity index (χ1) is 7.04. The molecule has 0 unspecified atom stereocenters. The van der Waals surface area contributed by atoms with Gasteiger partial charge in [-0.05, 0) is 24.5 Å². The second-order valence-corrected chi connectivity index (χ2v) is 4.42. The maximum absolute atomic E-state index is 9.75. The topological polar surface area (TPSA) is 49.7 Å². The largest absolute Gasteiger partial charge is 0.504 e. The summed E-state index contributed by atoms with van der Waals surface area (Å²) >= 11 is 6.01. The summed E-state index contributed by atoms with van der Waals surface area (Å²) in [4.78, 5) is 0. The van der Waals surface area contributed by atoms with Gasteiger partial charge in [0.15, 0.2) is 11.5 Å². The molecule has 1 aromatic rings. The average Bonchev–Trinajstić information content (AvgIpc) is 2.89. The lowest BCUT2D eigenvalue weighted by molar-refractivity contribution is 0.151. The van der Waals surface area contributed by atoms with Crippen LogP contribution in [0.3, 0.4) is 0 Å². The first kappa shape index (κ1) is 10.6. The van der Waals surface area contributed by atoms with Crippen molar-refractivity contribution in [3.63, 3.8) is 0 Å². The van der Waals surface area contributed by atoms with Gasteiger partial charge in [0.2, 0.25) is 0 Å². The van der Waals surface area contributed by atoms with Gasteiger partial charge in [-0.25, -0.2) is 0 Å². The van der Waals surface area contributed by atoms with Crippen molar-refractivity contribution in [3.8, 4) is 11.5 Å². The lowest BCUT2D eigenvalue weighted by Gasteiger charge is -2.11. The van der Waals surface area contributed by atoms with Crippen LogP contribution < -0.4 is 4.74 Å². The molecular weight excluding hydrogens is 216 g/mol. The van der Waals surface area contributed by atoms with Gasteiger partial charge in [-0.15, -0.1) is 0 Å². The van der Waals surface area contributed by atoms with Gasteiger partial charge in [0.25, 0.3) is 0 Å². The SMILES string of the molecule is COc1cc(Cl)c(CC2(O)CC2)cc1O. The first-order valence-corrected chi connectivity index (χ1v) is 5.20. The van der Waals surface area contributed by atoms with E-state index in [0.717, 1.165) is 18.4 Å². The second-order valence-electron chi connectivity index (χ2n) is 4.02. The van der Waals surface area contributed by atoms with Gasteiger partial charge in [0, 0.05) is 17.5 Å². The predicted molar refractivity (Wildman–Crippen MR) is 57.6 cm³/mol.